The van der Waals surface area contributed by atoms with Crippen molar-refractivity contribution in [3.63, 3.8) is 0 Å². The molecule has 0 aromatic heterocycles. The van der Waals surface area contributed by atoms with E-state index >= 15 is 0 Å². The molecule has 2 aliphatic rings. The highest BCUT2D eigenvalue weighted by molar-refractivity contribution is 8.00. The van der Waals surface area contributed by atoms with Crippen LogP contribution in [0.25, 0.3) is 0 Å². The van der Waals surface area contributed by atoms with Crippen LogP contribution in [0.15, 0.2) is 0 Å². The predicted molar refractivity (Wildman–Crippen MR) is 71.4 cm³/mol. The molecular formula is C11H21ClN2OS. The molecule has 5 heteroatoms. The van der Waals surface area contributed by atoms with Crippen LogP contribution in [0.4, 0.5) is 0 Å². The van der Waals surface area contributed by atoms with Gasteiger partial charge in [0.2, 0.25) is 5.91 Å². The lowest BCUT2D eigenvalue weighted by atomic mass is 10.0. The molecule has 0 radical (unpaired) electrons. The lowest BCUT2D eigenvalue weighted by molar-refractivity contribution is -0.123. The second-order valence-electron chi connectivity index (χ2n) is 4.38. The summed E-state index contributed by atoms with van der Waals surface area (Å²) in [5.41, 5.74) is 0. The van der Waals surface area contributed by atoms with Gasteiger partial charge in [0, 0.05) is 11.8 Å². The Hall–Kier alpha value is 0.0700. The molecule has 2 saturated heterocycles. The maximum atomic E-state index is 11.8. The molecule has 0 spiro atoms. The van der Waals surface area contributed by atoms with Gasteiger partial charge in [-0.25, -0.2) is 0 Å². The van der Waals surface area contributed by atoms with E-state index in [4.69, 9.17) is 0 Å². The van der Waals surface area contributed by atoms with Crippen molar-refractivity contribution < 1.29 is 4.79 Å². The molecule has 2 heterocycles. The number of amides is 1. The summed E-state index contributed by atoms with van der Waals surface area (Å²) in [4.78, 5) is 11.8. The standard InChI is InChI=1S/C11H20N2OS.ClH/c14-11(10-5-1-2-6-12-10)13-8-9-4-3-7-15-9;/h9-10,12H,1-8H2,(H,13,14);1H/t9?,10-;/m0./s1. The fourth-order valence-corrected chi connectivity index (χ4v) is 3.42. The fourth-order valence-electron chi connectivity index (χ4n) is 2.22. The van der Waals surface area contributed by atoms with Gasteiger partial charge in [0.1, 0.15) is 0 Å². The van der Waals surface area contributed by atoms with Crippen molar-refractivity contribution in [2.45, 2.75) is 43.4 Å². The van der Waals surface area contributed by atoms with Crippen LogP contribution in [-0.4, -0.2) is 36.0 Å². The Balaban J connectivity index is 0.00000128. The molecule has 94 valence electrons. The Morgan fingerprint density at radius 2 is 2.19 bits per heavy atom. The number of hydrogen-bond acceptors (Lipinski definition) is 3. The lowest BCUT2D eigenvalue weighted by Crippen LogP contribution is -2.47. The third-order valence-corrected chi connectivity index (χ3v) is 4.55. The molecule has 0 saturated carbocycles. The first-order valence-electron chi connectivity index (χ1n) is 5.99. The van der Waals surface area contributed by atoms with Gasteiger partial charge in [0.15, 0.2) is 0 Å². The lowest BCUT2D eigenvalue weighted by Gasteiger charge is -2.23. The van der Waals surface area contributed by atoms with E-state index in [2.05, 4.69) is 10.6 Å². The molecule has 0 aliphatic carbocycles. The predicted octanol–water partition coefficient (Wildman–Crippen LogP) is 1.56. The van der Waals surface area contributed by atoms with E-state index < -0.39 is 0 Å². The Labute approximate surface area is 108 Å². The Bertz CT molecular complexity index is 216. The largest absolute Gasteiger partial charge is 0.354 e. The van der Waals surface area contributed by atoms with Gasteiger partial charge in [0.05, 0.1) is 6.04 Å². The van der Waals surface area contributed by atoms with Crippen molar-refractivity contribution in [1.82, 2.24) is 10.6 Å². The molecule has 16 heavy (non-hydrogen) atoms. The number of hydrogen-bond donors (Lipinski definition) is 2. The van der Waals surface area contributed by atoms with E-state index in [9.17, 15) is 4.79 Å². The van der Waals surface area contributed by atoms with Crippen molar-refractivity contribution in [3.8, 4) is 0 Å². The number of carbonyl (C=O) groups excluding carboxylic acids is 1. The van der Waals surface area contributed by atoms with E-state index in [1.807, 2.05) is 11.8 Å². The number of halogens is 1. The monoisotopic (exact) mass is 264 g/mol. The Morgan fingerprint density at radius 1 is 1.31 bits per heavy atom. The van der Waals surface area contributed by atoms with Crippen LogP contribution in [0.1, 0.15) is 32.1 Å². The second-order valence-corrected chi connectivity index (χ2v) is 5.79. The molecule has 2 rings (SSSR count). The Kier molecular flexibility index (Phi) is 6.54. The van der Waals surface area contributed by atoms with Crippen LogP contribution in [0, 0.1) is 0 Å². The highest BCUT2D eigenvalue weighted by Crippen LogP contribution is 2.25. The summed E-state index contributed by atoms with van der Waals surface area (Å²) >= 11 is 2.00. The molecule has 0 aromatic carbocycles. The highest BCUT2D eigenvalue weighted by Gasteiger charge is 2.22. The minimum atomic E-state index is 0. The average molecular weight is 265 g/mol. The van der Waals surface area contributed by atoms with Gasteiger partial charge in [-0.15, -0.1) is 12.4 Å². The zero-order valence-electron chi connectivity index (χ0n) is 9.54. The topological polar surface area (TPSA) is 41.1 Å². The van der Waals surface area contributed by atoms with Gasteiger partial charge in [-0.3, -0.25) is 4.79 Å². The van der Waals surface area contributed by atoms with E-state index in [0.717, 1.165) is 19.5 Å². The van der Waals surface area contributed by atoms with Gasteiger partial charge in [0.25, 0.3) is 0 Å². The van der Waals surface area contributed by atoms with Crippen molar-refractivity contribution in [1.29, 1.82) is 0 Å². The minimum Gasteiger partial charge on any atom is -0.354 e. The van der Waals surface area contributed by atoms with E-state index in [0.29, 0.717) is 5.25 Å². The second kappa shape index (κ2) is 7.41. The smallest absolute Gasteiger partial charge is 0.237 e. The zero-order valence-corrected chi connectivity index (χ0v) is 11.2. The Morgan fingerprint density at radius 3 is 2.81 bits per heavy atom. The van der Waals surface area contributed by atoms with Crippen molar-refractivity contribution in [2.24, 2.45) is 0 Å². The van der Waals surface area contributed by atoms with Crippen LogP contribution < -0.4 is 10.6 Å². The number of rotatable bonds is 3. The minimum absolute atomic E-state index is 0. The van der Waals surface area contributed by atoms with E-state index in [-0.39, 0.29) is 24.4 Å². The van der Waals surface area contributed by atoms with E-state index in [1.165, 1.54) is 31.4 Å². The summed E-state index contributed by atoms with van der Waals surface area (Å²) < 4.78 is 0. The maximum Gasteiger partial charge on any atom is 0.237 e. The quantitative estimate of drug-likeness (QED) is 0.813. The summed E-state index contributed by atoms with van der Waals surface area (Å²) in [5, 5.41) is 7.01. The number of nitrogens with one attached hydrogen (secondary N) is 2. The molecule has 0 aromatic rings. The first-order valence-corrected chi connectivity index (χ1v) is 7.04. The van der Waals surface area contributed by atoms with Crippen LogP contribution in [0.3, 0.4) is 0 Å². The average Bonchev–Trinajstić information content (AvgIpc) is 2.80. The molecule has 2 N–H and O–H groups in total. The van der Waals surface area contributed by atoms with Gasteiger partial charge in [-0.05, 0) is 38.0 Å². The molecule has 1 amide bonds. The summed E-state index contributed by atoms with van der Waals surface area (Å²) in [6.45, 7) is 1.86. The normalized spacial score (nSPS) is 29.5. The van der Waals surface area contributed by atoms with Crippen LogP contribution in [0.5, 0.6) is 0 Å². The van der Waals surface area contributed by atoms with Crippen LogP contribution >= 0.6 is 24.2 Å². The maximum absolute atomic E-state index is 11.8. The first-order chi connectivity index (χ1) is 7.36. The van der Waals surface area contributed by atoms with Crippen molar-refractivity contribution in [2.75, 3.05) is 18.8 Å². The number of carbonyl (C=O) groups is 1. The highest BCUT2D eigenvalue weighted by atomic mass is 35.5. The zero-order chi connectivity index (χ0) is 10.5. The van der Waals surface area contributed by atoms with Gasteiger partial charge >= 0.3 is 0 Å². The fraction of sp³-hybridized carbons (Fsp3) is 0.909. The van der Waals surface area contributed by atoms with Crippen molar-refractivity contribution >= 4 is 30.1 Å². The SMILES string of the molecule is Cl.O=C(NCC1CCCS1)[C@@H]1CCCCN1. The van der Waals surface area contributed by atoms with Crippen molar-refractivity contribution in [3.05, 3.63) is 0 Å². The number of piperidine rings is 1. The van der Waals surface area contributed by atoms with Crippen LogP contribution in [0.2, 0.25) is 0 Å². The summed E-state index contributed by atoms with van der Waals surface area (Å²) in [7, 11) is 0. The summed E-state index contributed by atoms with van der Waals surface area (Å²) in [5.74, 6) is 1.48. The third kappa shape index (κ3) is 4.15. The molecular weight excluding hydrogens is 244 g/mol. The summed E-state index contributed by atoms with van der Waals surface area (Å²) in [6.07, 6.45) is 5.98. The van der Waals surface area contributed by atoms with E-state index in [1.54, 1.807) is 0 Å². The molecule has 2 atom stereocenters. The molecule has 1 unspecified atom stereocenters. The van der Waals surface area contributed by atoms with Gasteiger partial charge in [-0.2, -0.15) is 11.8 Å². The third-order valence-electron chi connectivity index (χ3n) is 3.15. The molecule has 2 fully saturated rings. The molecule has 3 nitrogen and oxygen atoms in total. The van der Waals surface area contributed by atoms with Gasteiger partial charge in [-0.1, -0.05) is 6.42 Å². The molecule has 0 bridgehead atoms. The first kappa shape index (κ1) is 14.1. The summed E-state index contributed by atoms with van der Waals surface area (Å²) in [6, 6.07) is 0.0742. The number of thioether (sulfide) groups is 1. The van der Waals surface area contributed by atoms with Gasteiger partial charge < -0.3 is 10.6 Å². The van der Waals surface area contributed by atoms with Crippen LogP contribution in [-0.2, 0) is 4.79 Å². The molecule has 2 aliphatic heterocycles.